The van der Waals surface area contributed by atoms with Crippen molar-refractivity contribution >= 4 is 39.2 Å². The molecular formula is C31H22ClF7N2O5S. The lowest BCUT2D eigenvalue weighted by molar-refractivity contribution is -0.143. The fourth-order valence-electron chi connectivity index (χ4n) is 4.37. The molecule has 4 aromatic carbocycles. The van der Waals surface area contributed by atoms with Gasteiger partial charge in [-0.1, -0.05) is 60.1 Å². The Hall–Kier alpha value is -4.63. The maximum absolute atomic E-state index is 13.5. The molecule has 0 heterocycles. The lowest BCUT2D eigenvalue weighted by Crippen LogP contribution is -2.43. The van der Waals surface area contributed by atoms with Gasteiger partial charge in [-0.15, -0.1) is 0 Å². The Balaban J connectivity index is 1.66. The Bertz CT molecular complexity index is 1900. The number of nitrogens with one attached hydrogen (secondary N) is 2. The molecule has 0 saturated heterocycles. The first-order chi connectivity index (χ1) is 21.9. The number of rotatable bonds is 9. The van der Waals surface area contributed by atoms with E-state index in [1.54, 1.807) is 24.3 Å². The van der Waals surface area contributed by atoms with Gasteiger partial charge < -0.3 is 10.1 Å². The summed E-state index contributed by atoms with van der Waals surface area (Å²) in [5, 5.41) is 2.23. The minimum atomic E-state index is -6.01. The van der Waals surface area contributed by atoms with Crippen LogP contribution in [0.5, 0.6) is 0 Å². The van der Waals surface area contributed by atoms with E-state index in [9.17, 15) is 48.7 Å². The van der Waals surface area contributed by atoms with Gasteiger partial charge in [-0.2, -0.15) is 34.8 Å². The molecule has 0 aliphatic heterocycles. The monoisotopic (exact) mass is 702 g/mol. The number of alkyl halides is 6. The van der Waals surface area contributed by atoms with Crippen molar-refractivity contribution in [3.8, 4) is 22.3 Å². The Labute approximate surface area is 268 Å². The van der Waals surface area contributed by atoms with E-state index in [-0.39, 0.29) is 22.6 Å². The van der Waals surface area contributed by atoms with Crippen LogP contribution in [-0.4, -0.2) is 39.0 Å². The van der Waals surface area contributed by atoms with E-state index in [1.165, 1.54) is 22.9 Å². The SMILES string of the molecule is COC(=O)[C@@H](Cc1ccc(-c2ccc(F)c(Cl)c2)cc1)NC(=O)c1cc(-c2ccc(C(F)(F)F)cc2)ccc1NS(=O)(=O)C(F)(F)F. The molecule has 2 N–H and O–H groups in total. The number of methoxy groups -OCH3 is 1. The molecule has 0 bridgehead atoms. The number of hydrogen-bond acceptors (Lipinski definition) is 5. The van der Waals surface area contributed by atoms with Crippen LogP contribution in [0.1, 0.15) is 21.5 Å². The molecule has 0 spiro atoms. The number of carbonyl (C=O) groups is 2. The standard InChI is InChI=1S/C31H22ClF7N2O5S/c1-46-29(43)27(14-17-2-4-18(5-3-17)21-8-12-25(33)24(32)16-21)40-28(42)23-15-20(19-6-10-22(11-7-19)30(34,35)36)9-13-26(23)41-47(44,45)31(37,38)39/h2-13,15-16,27,41H,14H2,1H3,(H,40,42)/t27-/m1/s1. The van der Waals surface area contributed by atoms with Crippen molar-refractivity contribution < 1.29 is 53.5 Å². The Morgan fingerprint density at radius 3 is 1.87 bits per heavy atom. The normalized spacial score (nSPS) is 12.7. The van der Waals surface area contributed by atoms with Gasteiger partial charge in [0.05, 0.1) is 28.9 Å². The first-order valence-electron chi connectivity index (χ1n) is 13.2. The second kappa shape index (κ2) is 13.6. The fraction of sp³-hybridized carbons (Fsp3) is 0.161. The number of carbonyl (C=O) groups excluding carboxylic acids is 2. The van der Waals surface area contributed by atoms with Gasteiger partial charge >= 0.3 is 27.7 Å². The summed E-state index contributed by atoms with van der Waals surface area (Å²) in [6, 6.07) is 15.6. The van der Waals surface area contributed by atoms with Gasteiger partial charge in [0, 0.05) is 6.42 Å². The third-order valence-electron chi connectivity index (χ3n) is 6.80. The summed E-state index contributed by atoms with van der Waals surface area (Å²) < 4.78 is 122. The molecule has 1 amide bonds. The number of ether oxygens (including phenoxy) is 1. The highest BCUT2D eigenvalue weighted by atomic mass is 35.5. The van der Waals surface area contributed by atoms with E-state index in [4.69, 9.17) is 16.3 Å². The molecule has 0 aliphatic carbocycles. The van der Waals surface area contributed by atoms with Crippen LogP contribution in [-0.2, 0) is 32.2 Å². The van der Waals surface area contributed by atoms with Gasteiger partial charge in [-0.3, -0.25) is 9.52 Å². The summed E-state index contributed by atoms with van der Waals surface area (Å²) in [6.07, 6.45) is -4.84. The van der Waals surface area contributed by atoms with Crippen molar-refractivity contribution in [2.24, 2.45) is 0 Å². The van der Waals surface area contributed by atoms with Crippen molar-refractivity contribution in [2.45, 2.75) is 24.1 Å². The van der Waals surface area contributed by atoms with Gasteiger partial charge in [-0.05, 0) is 64.2 Å². The lowest BCUT2D eigenvalue weighted by atomic mass is 9.99. The van der Waals surface area contributed by atoms with E-state index in [0.29, 0.717) is 16.7 Å². The second-order valence-corrected chi connectivity index (χ2v) is 12.0. The van der Waals surface area contributed by atoms with Gasteiger partial charge in [0.1, 0.15) is 11.9 Å². The number of amides is 1. The van der Waals surface area contributed by atoms with Crippen LogP contribution in [0, 0.1) is 5.82 Å². The van der Waals surface area contributed by atoms with Crippen LogP contribution in [0.4, 0.5) is 36.4 Å². The van der Waals surface area contributed by atoms with Gasteiger partial charge in [-0.25, -0.2) is 9.18 Å². The highest BCUT2D eigenvalue weighted by Gasteiger charge is 2.46. The van der Waals surface area contributed by atoms with E-state index in [0.717, 1.165) is 49.6 Å². The Morgan fingerprint density at radius 2 is 1.34 bits per heavy atom. The minimum absolute atomic E-state index is 0.0462. The molecule has 0 unspecified atom stereocenters. The summed E-state index contributed by atoms with van der Waals surface area (Å²) in [6.45, 7) is 0. The number of benzene rings is 4. The zero-order valence-corrected chi connectivity index (χ0v) is 25.4. The molecular weight excluding hydrogens is 681 g/mol. The molecule has 16 heteroatoms. The van der Waals surface area contributed by atoms with Crippen molar-refractivity contribution in [1.82, 2.24) is 5.32 Å². The zero-order chi connectivity index (χ0) is 34.7. The Kier molecular flexibility index (Phi) is 10.2. The number of anilines is 1. The second-order valence-electron chi connectivity index (χ2n) is 9.97. The molecule has 7 nitrogen and oxygen atoms in total. The highest BCUT2D eigenvalue weighted by molar-refractivity contribution is 7.93. The molecule has 1 atom stereocenters. The average molecular weight is 703 g/mol. The highest BCUT2D eigenvalue weighted by Crippen LogP contribution is 2.33. The predicted molar refractivity (Wildman–Crippen MR) is 159 cm³/mol. The van der Waals surface area contributed by atoms with Crippen molar-refractivity contribution in [3.63, 3.8) is 0 Å². The maximum atomic E-state index is 13.5. The van der Waals surface area contributed by atoms with E-state index in [1.807, 2.05) is 0 Å². The van der Waals surface area contributed by atoms with Crippen molar-refractivity contribution in [3.05, 3.63) is 112 Å². The van der Waals surface area contributed by atoms with Crippen molar-refractivity contribution in [2.75, 3.05) is 11.8 Å². The van der Waals surface area contributed by atoms with Crippen LogP contribution in [0.3, 0.4) is 0 Å². The lowest BCUT2D eigenvalue weighted by Gasteiger charge is -2.19. The summed E-state index contributed by atoms with van der Waals surface area (Å²) in [4.78, 5) is 26.1. The van der Waals surface area contributed by atoms with Gasteiger partial charge in [0.15, 0.2) is 0 Å². The van der Waals surface area contributed by atoms with E-state index in [2.05, 4.69) is 5.32 Å². The number of halogens is 8. The first kappa shape index (κ1) is 35.2. The molecule has 0 saturated carbocycles. The summed E-state index contributed by atoms with van der Waals surface area (Å²) in [5.74, 6) is -2.77. The fourth-order valence-corrected chi connectivity index (χ4v) is 5.13. The van der Waals surface area contributed by atoms with E-state index >= 15 is 0 Å². The molecule has 0 aromatic heterocycles. The largest absolute Gasteiger partial charge is 0.516 e. The molecule has 47 heavy (non-hydrogen) atoms. The molecule has 248 valence electrons. The number of sulfonamides is 1. The molecule has 4 rings (SSSR count). The molecule has 0 fully saturated rings. The van der Waals surface area contributed by atoms with Gasteiger partial charge in [0.25, 0.3) is 5.91 Å². The molecule has 4 aromatic rings. The summed E-state index contributed by atoms with van der Waals surface area (Å²) in [7, 11) is -4.99. The third-order valence-corrected chi connectivity index (χ3v) is 8.18. The van der Waals surface area contributed by atoms with Crippen LogP contribution in [0.15, 0.2) is 84.9 Å². The quantitative estimate of drug-likeness (QED) is 0.138. The predicted octanol–water partition coefficient (Wildman–Crippen LogP) is 7.61. The van der Waals surface area contributed by atoms with Crippen LogP contribution < -0.4 is 10.0 Å². The third kappa shape index (κ3) is 8.40. The van der Waals surface area contributed by atoms with E-state index < -0.39 is 62.3 Å². The van der Waals surface area contributed by atoms with Crippen LogP contribution in [0.2, 0.25) is 5.02 Å². The zero-order valence-electron chi connectivity index (χ0n) is 23.8. The summed E-state index contributed by atoms with van der Waals surface area (Å²) >= 11 is 5.85. The van der Waals surface area contributed by atoms with Gasteiger partial charge in [0.2, 0.25) is 0 Å². The minimum Gasteiger partial charge on any atom is -0.467 e. The topological polar surface area (TPSA) is 102 Å². The van der Waals surface area contributed by atoms with Crippen molar-refractivity contribution in [1.29, 1.82) is 0 Å². The summed E-state index contributed by atoms with van der Waals surface area (Å²) in [5.41, 5.74) is -6.37. The van der Waals surface area contributed by atoms with Crippen LogP contribution >= 0.6 is 11.6 Å². The Morgan fingerprint density at radius 1 is 0.809 bits per heavy atom. The average Bonchev–Trinajstić information content (AvgIpc) is 3.01. The smallest absolute Gasteiger partial charge is 0.467 e. The van der Waals surface area contributed by atoms with Crippen LogP contribution in [0.25, 0.3) is 22.3 Å². The first-order valence-corrected chi connectivity index (χ1v) is 15.1. The molecule has 0 radical (unpaired) electrons. The maximum Gasteiger partial charge on any atom is 0.516 e. The number of esters is 1. The number of hydrogen-bond donors (Lipinski definition) is 2. The molecule has 0 aliphatic rings.